The van der Waals surface area contributed by atoms with Crippen LogP contribution in [0.1, 0.15) is 0 Å². The molecule has 1 heterocycles. The molecule has 2 nitrogen and oxygen atoms in total. The highest BCUT2D eigenvalue weighted by molar-refractivity contribution is 9.14. The molecule has 1 saturated heterocycles. The molecule has 0 aliphatic carbocycles. The lowest BCUT2D eigenvalue weighted by Gasteiger charge is -2.41. The zero-order valence-corrected chi connectivity index (χ0v) is 15.1. The van der Waals surface area contributed by atoms with Crippen LogP contribution in [-0.4, -0.2) is 43.9 Å². The first-order valence-corrected chi connectivity index (χ1v) is 8.36. The second kappa shape index (κ2) is 7.69. The van der Waals surface area contributed by atoms with Gasteiger partial charge in [-0.15, -0.1) is 0 Å². The van der Waals surface area contributed by atoms with Crippen molar-refractivity contribution in [3.05, 3.63) is 18.9 Å². The Kier molecular flexibility index (Phi) is 7.39. The average Bonchev–Trinajstić information content (AvgIpc) is 2.29. The van der Waals surface area contributed by atoms with Gasteiger partial charge in [-0.25, -0.2) is 0 Å². The number of nitrogens with zero attached hydrogens (tertiary/aromatic N) is 1. The molecule has 0 aromatic carbocycles. The molecule has 0 aromatic rings. The maximum Gasteiger partial charge on any atom is 0.112 e. The third-order valence-electron chi connectivity index (χ3n) is 2.63. The SMILES string of the molecule is BrC=C(Br)C[N+]1(C/C(Br)=C/Br)CCOCC1. The van der Waals surface area contributed by atoms with Gasteiger partial charge in [0.2, 0.25) is 0 Å². The van der Waals surface area contributed by atoms with E-state index in [1.165, 1.54) is 8.96 Å². The van der Waals surface area contributed by atoms with Crippen LogP contribution in [0.2, 0.25) is 0 Å². The highest BCUT2D eigenvalue weighted by atomic mass is 79.9. The van der Waals surface area contributed by atoms with E-state index < -0.39 is 0 Å². The molecule has 1 fully saturated rings. The highest BCUT2D eigenvalue weighted by Gasteiger charge is 2.31. The minimum absolute atomic E-state index is 0.838. The number of morpholine rings is 1. The Bertz CT molecular complexity index is 263. The molecule has 0 unspecified atom stereocenters. The lowest BCUT2D eigenvalue weighted by atomic mass is 10.3. The molecule has 1 aliphatic heterocycles. The minimum Gasteiger partial charge on any atom is -0.370 e. The molecule has 0 bridgehead atoms. The minimum atomic E-state index is 0.838. The standard InChI is InChI=1S/C10H14Br4NO/c11-5-9(13)7-15(8-10(14)6-12)1-3-16-4-2-15/h5-6H,1-4,7-8H2/q+1/b9-5-,10-6?. The predicted octanol–water partition coefficient (Wildman–Crippen LogP) is 4.10. The molecule has 1 rings (SSSR count). The molecule has 1 aliphatic rings. The van der Waals surface area contributed by atoms with Gasteiger partial charge >= 0.3 is 0 Å². The highest BCUT2D eigenvalue weighted by Crippen LogP contribution is 2.23. The van der Waals surface area contributed by atoms with Crippen LogP contribution < -0.4 is 0 Å². The second-order valence-corrected chi connectivity index (χ2v) is 6.78. The molecule has 0 aromatic heterocycles. The van der Waals surface area contributed by atoms with Crippen molar-refractivity contribution in [1.82, 2.24) is 0 Å². The van der Waals surface area contributed by atoms with Crippen LogP contribution in [0.25, 0.3) is 0 Å². The van der Waals surface area contributed by atoms with Crippen molar-refractivity contribution in [2.45, 2.75) is 0 Å². The number of hydrogen-bond donors (Lipinski definition) is 0. The monoisotopic (exact) mass is 480 g/mol. The summed E-state index contributed by atoms with van der Waals surface area (Å²) in [6.07, 6.45) is 0. The van der Waals surface area contributed by atoms with Gasteiger partial charge in [-0.3, -0.25) is 0 Å². The number of rotatable bonds is 4. The molecule has 0 amide bonds. The summed E-state index contributed by atoms with van der Waals surface area (Å²) >= 11 is 13.9. The van der Waals surface area contributed by atoms with Gasteiger partial charge in [0, 0.05) is 0 Å². The second-order valence-electron chi connectivity index (χ2n) is 3.83. The van der Waals surface area contributed by atoms with Crippen LogP contribution in [0.15, 0.2) is 18.9 Å². The zero-order chi connectivity index (χ0) is 12.0. The molecule has 0 spiro atoms. The molecule has 92 valence electrons. The Hall–Kier alpha value is 1.32. The largest absolute Gasteiger partial charge is 0.370 e. The van der Waals surface area contributed by atoms with Crippen molar-refractivity contribution in [3.8, 4) is 0 Å². The average molecular weight is 484 g/mol. The van der Waals surface area contributed by atoms with E-state index in [-0.39, 0.29) is 0 Å². The Balaban J connectivity index is 2.74. The number of halogens is 4. The quantitative estimate of drug-likeness (QED) is 0.547. The maximum absolute atomic E-state index is 5.45. The molecule has 16 heavy (non-hydrogen) atoms. The maximum atomic E-state index is 5.45. The third-order valence-corrected chi connectivity index (χ3v) is 5.92. The molecule has 0 radical (unpaired) electrons. The van der Waals surface area contributed by atoms with Crippen LogP contribution in [0.3, 0.4) is 0 Å². The van der Waals surface area contributed by atoms with Crippen LogP contribution in [0.4, 0.5) is 0 Å². The van der Waals surface area contributed by atoms with Crippen molar-refractivity contribution in [2.24, 2.45) is 0 Å². The first kappa shape index (κ1) is 15.4. The van der Waals surface area contributed by atoms with Crippen molar-refractivity contribution < 1.29 is 9.22 Å². The van der Waals surface area contributed by atoms with Crippen LogP contribution in [0.5, 0.6) is 0 Å². The fourth-order valence-corrected chi connectivity index (χ4v) is 3.17. The van der Waals surface area contributed by atoms with Gasteiger partial charge in [0.25, 0.3) is 0 Å². The normalized spacial score (nSPS) is 22.2. The summed E-state index contributed by atoms with van der Waals surface area (Å²) in [5.41, 5.74) is 0. The lowest BCUT2D eigenvalue weighted by molar-refractivity contribution is -0.925. The molecular weight excluding hydrogens is 470 g/mol. The number of ether oxygens (including phenoxy) is 1. The third kappa shape index (κ3) is 4.90. The van der Waals surface area contributed by atoms with Crippen molar-refractivity contribution in [2.75, 3.05) is 39.4 Å². The predicted molar refractivity (Wildman–Crippen MR) is 82.4 cm³/mol. The summed E-state index contributed by atoms with van der Waals surface area (Å²) in [6.45, 7) is 5.75. The lowest BCUT2D eigenvalue weighted by Crippen LogP contribution is -2.56. The van der Waals surface area contributed by atoms with E-state index in [0.717, 1.165) is 43.9 Å². The van der Waals surface area contributed by atoms with Gasteiger partial charge in [-0.2, -0.15) is 0 Å². The van der Waals surface area contributed by atoms with Gasteiger partial charge in [0.1, 0.15) is 26.2 Å². The van der Waals surface area contributed by atoms with Crippen molar-refractivity contribution in [1.29, 1.82) is 0 Å². The van der Waals surface area contributed by atoms with Gasteiger partial charge in [0.15, 0.2) is 0 Å². The van der Waals surface area contributed by atoms with Crippen LogP contribution >= 0.6 is 63.7 Å². The molecule has 0 N–H and O–H groups in total. The number of quaternary nitrogens is 1. The topological polar surface area (TPSA) is 9.23 Å². The van der Waals surface area contributed by atoms with E-state index in [9.17, 15) is 0 Å². The van der Waals surface area contributed by atoms with Crippen molar-refractivity contribution >= 4 is 63.7 Å². The molecular formula is C10H14Br4NO+. The Morgan fingerprint density at radius 3 is 1.81 bits per heavy atom. The van der Waals surface area contributed by atoms with Crippen molar-refractivity contribution in [3.63, 3.8) is 0 Å². The van der Waals surface area contributed by atoms with E-state index in [0.29, 0.717) is 0 Å². The molecule has 0 saturated carbocycles. The molecule has 0 atom stereocenters. The fourth-order valence-electron chi connectivity index (χ4n) is 1.81. The van der Waals surface area contributed by atoms with Gasteiger partial charge in [0.05, 0.1) is 22.2 Å². The summed E-state index contributed by atoms with van der Waals surface area (Å²) < 4.78 is 8.83. The summed E-state index contributed by atoms with van der Waals surface area (Å²) in [5.74, 6) is 0. The van der Waals surface area contributed by atoms with Crippen LogP contribution in [-0.2, 0) is 4.74 Å². The van der Waals surface area contributed by atoms with Gasteiger partial charge in [-0.05, 0) is 41.8 Å². The summed E-state index contributed by atoms with van der Waals surface area (Å²) in [7, 11) is 0. The van der Waals surface area contributed by atoms with E-state index in [1.54, 1.807) is 0 Å². The van der Waals surface area contributed by atoms with Crippen LogP contribution in [0, 0.1) is 0 Å². The number of hydrogen-bond acceptors (Lipinski definition) is 1. The van der Waals surface area contributed by atoms with E-state index >= 15 is 0 Å². The van der Waals surface area contributed by atoms with Gasteiger partial charge < -0.3 is 9.22 Å². The molecule has 6 heteroatoms. The Labute approximate surface area is 130 Å². The summed E-state index contributed by atoms with van der Waals surface area (Å²) in [6, 6.07) is 0. The van der Waals surface area contributed by atoms with Gasteiger partial charge in [-0.1, -0.05) is 31.9 Å². The van der Waals surface area contributed by atoms with E-state index in [4.69, 9.17) is 4.74 Å². The smallest absolute Gasteiger partial charge is 0.112 e. The van der Waals surface area contributed by atoms with E-state index in [2.05, 4.69) is 63.7 Å². The summed E-state index contributed by atoms with van der Waals surface area (Å²) in [4.78, 5) is 3.88. The summed E-state index contributed by atoms with van der Waals surface area (Å²) in [5, 5.41) is 0. The fraction of sp³-hybridized carbons (Fsp3) is 0.600. The Morgan fingerprint density at radius 2 is 1.44 bits per heavy atom. The first-order chi connectivity index (χ1) is 7.62. The zero-order valence-electron chi connectivity index (χ0n) is 8.76. The first-order valence-electron chi connectivity index (χ1n) is 4.94. The van der Waals surface area contributed by atoms with E-state index in [1.807, 2.05) is 9.97 Å². The Morgan fingerprint density at radius 1 is 1.00 bits per heavy atom.